The third-order valence-electron chi connectivity index (χ3n) is 13.5. The van der Waals surface area contributed by atoms with Crippen molar-refractivity contribution < 1.29 is 0 Å². The summed E-state index contributed by atoms with van der Waals surface area (Å²) in [5.74, 6) is 0. The number of benzene rings is 8. The molecule has 1 unspecified atom stereocenters. The Kier molecular flexibility index (Phi) is 6.79. The van der Waals surface area contributed by atoms with Crippen molar-refractivity contribution in [1.29, 1.82) is 0 Å². The molecular weight excluding hydrogens is 687 g/mol. The van der Waals surface area contributed by atoms with E-state index in [4.69, 9.17) is 0 Å². The highest BCUT2D eigenvalue weighted by molar-refractivity contribution is 6.02. The molecule has 0 fully saturated rings. The maximum Gasteiger partial charge on any atom is 0.0725 e. The average molecular weight is 728 g/mol. The highest BCUT2D eigenvalue weighted by Crippen LogP contribution is 2.66. The molecular formula is C56H41N. The third kappa shape index (κ3) is 4.40. The van der Waals surface area contributed by atoms with E-state index in [0.717, 1.165) is 29.9 Å². The molecule has 1 nitrogen and oxygen atoms in total. The van der Waals surface area contributed by atoms with Crippen LogP contribution in [0.15, 0.2) is 194 Å². The number of nitrogens with zero attached hydrogens (tertiary/aromatic N) is 1. The second kappa shape index (κ2) is 11.9. The molecule has 0 saturated carbocycles. The fraction of sp³-hybridized carbons (Fsp3) is 0.107. The van der Waals surface area contributed by atoms with E-state index in [0.29, 0.717) is 0 Å². The lowest BCUT2D eigenvalue weighted by Gasteiger charge is -2.31. The van der Waals surface area contributed by atoms with Gasteiger partial charge in [0.2, 0.25) is 0 Å². The Bertz CT molecular complexity index is 3030. The van der Waals surface area contributed by atoms with Gasteiger partial charge in [-0.1, -0.05) is 159 Å². The number of rotatable bonds is 4. The van der Waals surface area contributed by atoms with E-state index >= 15 is 0 Å². The largest absolute Gasteiger partial charge is 0.310 e. The Morgan fingerprint density at radius 1 is 0.439 bits per heavy atom. The van der Waals surface area contributed by atoms with Gasteiger partial charge in [-0.05, 0) is 144 Å². The standard InChI is InChI=1S/C56H41N/c1-55(2)47-21-11-9-19-45(47)53-50(55)32-33-51-54(53)46-20-10-13-23-49(46)56(51)48-22-12-8-18-43(48)44-31-27-39(35-52(44)56)37-24-28-41(29-25-37)57(40-16-4-3-5-17-40)42-30-26-36-14-6-7-15-38(36)34-42/h3-8,10-18,20-35H,9,19H2,1-2H3. The van der Waals surface area contributed by atoms with Crippen LogP contribution in [-0.2, 0) is 10.8 Å². The first-order chi connectivity index (χ1) is 28.0. The van der Waals surface area contributed by atoms with Crippen LogP contribution >= 0.6 is 0 Å². The molecule has 12 rings (SSSR count). The van der Waals surface area contributed by atoms with Crippen LogP contribution in [0.5, 0.6) is 0 Å². The molecule has 0 N–H and O–H groups in total. The Labute approximate surface area is 334 Å². The minimum absolute atomic E-state index is 0.0173. The van der Waals surface area contributed by atoms with Crippen molar-refractivity contribution in [1.82, 2.24) is 0 Å². The van der Waals surface area contributed by atoms with Gasteiger partial charge in [-0.15, -0.1) is 0 Å². The lowest BCUT2D eigenvalue weighted by molar-refractivity contribution is 0.651. The Hall–Kier alpha value is -6.70. The molecule has 0 amide bonds. The van der Waals surface area contributed by atoms with Crippen molar-refractivity contribution in [2.24, 2.45) is 0 Å². The van der Waals surface area contributed by atoms with Crippen molar-refractivity contribution in [2.75, 3.05) is 4.90 Å². The van der Waals surface area contributed by atoms with Crippen LogP contribution in [0.4, 0.5) is 17.1 Å². The summed E-state index contributed by atoms with van der Waals surface area (Å²) in [5.41, 5.74) is 22.6. The third-order valence-corrected chi connectivity index (χ3v) is 13.5. The molecule has 0 aromatic heterocycles. The van der Waals surface area contributed by atoms with Gasteiger partial charge in [-0.3, -0.25) is 0 Å². The molecule has 0 bridgehead atoms. The van der Waals surface area contributed by atoms with E-state index in [2.05, 4.69) is 207 Å². The minimum Gasteiger partial charge on any atom is -0.310 e. The molecule has 8 aromatic carbocycles. The Morgan fingerprint density at radius 3 is 1.89 bits per heavy atom. The van der Waals surface area contributed by atoms with Gasteiger partial charge >= 0.3 is 0 Å². The molecule has 0 saturated heterocycles. The van der Waals surface area contributed by atoms with Crippen molar-refractivity contribution in [3.63, 3.8) is 0 Å². The number of hydrogen-bond donors (Lipinski definition) is 0. The van der Waals surface area contributed by atoms with E-state index in [-0.39, 0.29) is 5.41 Å². The van der Waals surface area contributed by atoms with Crippen LogP contribution < -0.4 is 4.90 Å². The lowest BCUT2D eigenvalue weighted by Crippen LogP contribution is -2.26. The average Bonchev–Trinajstić information content (AvgIpc) is 3.83. The topological polar surface area (TPSA) is 3.24 Å². The number of para-hydroxylation sites is 1. The fourth-order valence-electron chi connectivity index (χ4n) is 11.0. The van der Waals surface area contributed by atoms with Gasteiger partial charge in [0.15, 0.2) is 0 Å². The first-order valence-corrected chi connectivity index (χ1v) is 20.4. The van der Waals surface area contributed by atoms with Crippen molar-refractivity contribution in [3.05, 3.63) is 227 Å². The van der Waals surface area contributed by atoms with Crippen molar-refractivity contribution in [2.45, 2.75) is 37.5 Å². The van der Waals surface area contributed by atoms with E-state index in [1.807, 2.05) is 0 Å². The molecule has 1 atom stereocenters. The normalized spacial score (nSPS) is 17.6. The fourth-order valence-corrected chi connectivity index (χ4v) is 11.0. The van der Waals surface area contributed by atoms with Gasteiger partial charge < -0.3 is 4.90 Å². The highest BCUT2D eigenvalue weighted by Gasteiger charge is 2.54. The van der Waals surface area contributed by atoms with Crippen molar-refractivity contribution in [3.8, 4) is 33.4 Å². The monoisotopic (exact) mass is 727 g/mol. The first-order valence-electron chi connectivity index (χ1n) is 20.4. The summed E-state index contributed by atoms with van der Waals surface area (Å²) in [7, 11) is 0. The molecule has 1 spiro atoms. The van der Waals surface area contributed by atoms with Gasteiger partial charge in [0.05, 0.1) is 5.41 Å². The summed E-state index contributed by atoms with van der Waals surface area (Å²) >= 11 is 0. The zero-order chi connectivity index (χ0) is 37.9. The Morgan fingerprint density at radius 2 is 1.07 bits per heavy atom. The van der Waals surface area contributed by atoms with Gasteiger partial charge in [0.1, 0.15) is 0 Å². The molecule has 57 heavy (non-hydrogen) atoms. The number of allylic oxidation sites excluding steroid dienone is 4. The summed E-state index contributed by atoms with van der Waals surface area (Å²) in [6.45, 7) is 4.84. The smallest absolute Gasteiger partial charge is 0.0725 e. The predicted molar refractivity (Wildman–Crippen MR) is 239 cm³/mol. The molecule has 0 radical (unpaired) electrons. The molecule has 0 heterocycles. The van der Waals surface area contributed by atoms with Crippen LogP contribution in [0.3, 0.4) is 0 Å². The molecule has 1 heteroatoms. The van der Waals surface area contributed by atoms with Gasteiger partial charge in [-0.25, -0.2) is 0 Å². The number of anilines is 3. The maximum absolute atomic E-state index is 2.51. The molecule has 0 aliphatic heterocycles. The second-order valence-corrected chi connectivity index (χ2v) is 16.7. The SMILES string of the molecule is CC1(C)C2=C(CCC=C2)c2c1ccc1c2-c2ccccc2C12c1ccccc1-c1ccc(-c3ccc(N(c4ccccc4)c4ccc5ccccc5c4)cc3)cc12. The molecule has 270 valence electrons. The first kappa shape index (κ1) is 32.5. The Balaban J connectivity index is 1.03. The van der Waals surface area contributed by atoms with Gasteiger partial charge in [0, 0.05) is 22.5 Å². The van der Waals surface area contributed by atoms with E-state index in [1.54, 1.807) is 5.57 Å². The highest BCUT2D eigenvalue weighted by atomic mass is 15.1. The maximum atomic E-state index is 2.51. The quantitative estimate of drug-likeness (QED) is 0.174. The second-order valence-electron chi connectivity index (χ2n) is 16.7. The summed E-state index contributed by atoms with van der Waals surface area (Å²) in [6.07, 6.45) is 7.00. The van der Waals surface area contributed by atoms with Crippen LogP contribution in [0.25, 0.3) is 49.7 Å². The summed E-state index contributed by atoms with van der Waals surface area (Å²) in [5, 5.41) is 2.48. The van der Waals surface area contributed by atoms with Crippen LogP contribution in [0.2, 0.25) is 0 Å². The molecule has 4 aliphatic rings. The number of fused-ring (bicyclic) bond motifs is 14. The van der Waals surface area contributed by atoms with Crippen molar-refractivity contribution >= 4 is 33.4 Å². The molecule has 4 aliphatic carbocycles. The molecule has 8 aromatic rings. The number of hydrogen-bond acceptors (Lipinski definition) is 1. The van der Waals surface area contributed by atoms with Crippen LogP contribution in [-0.4, -0.2) is 0 Å². The van der Waals surface area contributed by atoms with E-state index in [1.165, 1.54) is 83.1 Å². The lowest BCUT2D eigenvalue weighted by atomic mass is 9.69. The zero-order valence-electron chi connectivity index (χ0n) is 32.3. The van der Waals surface area contributed by atoms with Crippen LogP contribution in [0, 0.1) is 0 Å². The summed E-state index contributed by atoms with van der Waals surface area (Å²) in [4.78, 5) is 2.36. The summed E-state index contributed by atoms with van der Waals surface area (Å²) in [6, 6.07) is 65.9. The van der Waals surface area contributed by atoms with Gasteiger partial charge in [0.25, 0.3) is 0 Å². The summed E-state index contributed by atoms with van der Waals surface area (Å²) < 4.78 is 0. The minimum atomic E-state index is -0.402. The van der Waals surface area contributed by atoms with Gasteiger partial charge in [-0.2, -0.15) is 0 Å². The van der Waals surface area contributed by atoms with Crippen LogP contribution in [0.1, 0.15) is 60.1 Å². The zero-order valence-corrected chi connectivity index (χ0v) is 32.3. The van der Waals surface area contributed by atoms with E-state index in [9.17, 15) is 0 Å². The predicted octanol–water partition coefficient (Wildman–Crippen LogP) is 14.7. The van der Waals surface area contributed by atoms with E-state index < -0.39 is 5.41 Å².